The Bertz CT molecular complexity index is 770. The van der Waals surface area contributed by atoms with E-state index >= 15 is 0 Å². The molecule has 0 heterocycles. The van der Waals surface area contributed by atoms with E-state index in [0.717, 1.165) is 5.56 Å². The second kappa shape index (κ2) is 7.70. The van der Waals surface area contributed by atoms with Gasteiger partial charge in [-0.1, -0.05) is 24.3 Å². The fraction of sp³-hybridized carbons (Fsp3) is 0.263. The van der Waals surface area contributed by atoms with Gasteiger partial charge in [-0.05, 0) is 38.1 Å². The van der Waals surface area contributed by atoms with Crippen molar-refractivity contribution >= 4 is 11.9 Å². The number of rotatable bonds is 7. The molecule has 0 fully saturated rings. The zero-order chi connectivity index (χ0) is 18.4. The zero-order valence-corrected chi connectivity index (χ0v) is 14.4. The third-order valence-corrected chi connectivity index (χ3v) is 3.66. The van der Waals surface area contributed by atoms with Crippen LogP contribution in [0.15, 0.2) is 48.5 Å². The SMILES string of the molecule is COc1ccccc1C(C)(C)NC(=O)c1cccc(OCC(=O)O)c1. The summed E-state index contributed by atoms with van der Waals surface area (Å²) in [5.74, 6) is -0.361. The molecule has 2 rings (SSSR count). The van der Waals surface area contributed by atoms with Gasteiger partial charge in [-0.15, -0.1) is 0 Å². The molecule has 132 valence electrons. The van der Waals surface area contributed by atoms with Gasteiger partial charge in [0.2, 0.25) is 0 Å². The van der Waals surface area contributed by atoms with E-state index in [-0.39, 0.29) is 5.91 Å². The lowest BCUT2D eigenvalue weighted by atomic mass is 9.93. The average molecular weight is 343 g/mol. The van der Waals surface area contributed by atoms with Crippen LogP contribution in [0.5, 0.6) is 11.5 Å². The number of methoxy groups -OCH3 is 1. The predicted molar refractivity (Wildman–Crippen MR) is 93.1 cm³/mol. The van der Waals surface area contributed by atoms with E-state index in [9.17, 15) is 9.59 Å². The summed E-state index contributed by atoms with van der Waals surface area (Å²) in [5.41, 5.74) is 0.566. The van der Waals surface area contributed by atoms with Crippen LogP contribution in [0.3, 0.4) is 0 Å². The fourth-order valence-electron chi connectivity index (χ4n) is 2.46. The van der Waals surface area contributed by atoms with Gasteiger partial charge in [-0.25, -0.2) is 4.79 Å². The van der Waals surface area contributed by atoms with E-state index in [1.807, 2.05) is 38.1 Å². The number of amides is 1. The van der Waals surface area contributed by atoms with Gasteiger partial charge in [-0.3, -0.25) is 4.79 Å². The summed E-state index contributed by atoms with van der Waals surface area (Å²) in [6.45, 7) is 3.30. The molecule has 0 saturated heterocycles. The Balaban J connectivity index is 2.18. The number of nitrogens with one attached hydrogen (secondary N) is 1. The Kier molecular flexibility index (Phi) is 5.64. The molecule has 0 spiro atoms. The number of hydrogen-bond acceptors (Lipinski definition) is 4. The monoisotopic (exact) mass is 343 g/mol. The normalized spacial score (nSPS) is 10.8. The summed E-state index contributed by atoms with van der Waals surface area (Å²) in [7, 11) is 1.58. The molecule has 6 heteroatoms. The van der Waals surface area contributed by atoms with E-state index in [1.54, 1.807) is 25.3 Å². The maximum absolute atomic E-state index is 12.6. The Morgan fingerprint density at radius 3 is 2.52 bits per heavy atom. The van der Waals surface area contributed by atoms with Crippen molar-refractivity contribution in [3.63, 3.8) is 0 Å². The summed E-state index contributed by atoms with van der Waals surface area (Å²) in [4.78, 5) is 23.2. The number of carboxylic acid groups (broad SMARTS) is 1. The van der Waals surface area contributed by atoms with E-state index in [4.69, 9.17) is 14.6 Å². The number of hydrogen-bond donors (Lipinski definition) is 2. The Morgan fingerprint density at radius 1 is 1.12 bits per heavy atom. The van der Waals surface area contributed by atoms with Crippen molar-refractivity contribution in [3.05, 3.63) is 59.7 Å². The number of ether oxygens (including phenoxy) is 2. The molecule has 0 atom stereocenters. The van der Waals surface area contributed by atoms with Crippen LogP contribution < -0.4 is 14.8 Å². The quantitative estimate of drug-likeness (QED) is 0.807. The zero-order valence-electron chi connectivity index (χ0n) is 14.4. The maximum atomic E-state index is 12.6. The molecule has 6 nitrogen and oxygen atoms in total. The van der Waals surface area contributed by atoms with Crippen molar-refractivity contribution in [2.75, 3.05) is 13.7 Å². The number of carbonyl (C=O) groups excluding carboxylic acids is 1. The smallest absolute Gasteiger partial charge is 0.341 e. The minimum Gasteiger partial charge on any atom is -0.496 e. The second-order valence-electron chi connectivity index (χ2n) is 5.99. The summed E-state index contributed by atoms with van der Waals surface area (Å²) in [6, 6.07) is 13.9. The highest BCUT2D eigenvalue weighted by molar-refractivity contribution is 5.95. The van der Waals surface area contributed by atoms with Crippen molar-refractivity contribution in [3.8, 4) is 11.5 Å². The molecular formula is C19H21NO5. The van der Waals surface area contributed by atoms with Gasteiger partial charge in [0.1, 0.15) is 11.5 Å². The van der Waals surface area contributed by atoms with Crippen LogP contribution in [0.25, 0.3) is 0 Å². The van der Waals surface area contributed by atoms with Crippen molar-refractivity contribution in [1.82, 2.24) is 5.32 Å². The maximum Gasteiger partial charge on any atom is 0.341 e. The Morgan fingerprint density at radius 2 is 1.84 bits per heavy atom. The molecule has 0 unspecified atom stereocenters. The molecule has 0 bridgehead atoms. The van der Waals surface area contributed by atoms with Gasteiger partial charge in [0.25, 0.3) is 5.91 Å². The minimum absolute atomic E-state index is 0.295. The van der Waals surface area contributed by atoms with Gasteiger partial charge in [0.05, 0.1) is 12.6 Å². The second-order valence-corrected chi connectivity index (χ2v) is 5.99. The lowest BCUT2D eigenvalue weighted by molar-refractivity contribution is -0.139. The summed E-state index contributed by atoms with van der Waals surface area (Å²) in [5, 5.41) is 11.6. The molecular weight excluding hydrogens is 322 g/mol. The summed E-state index contributed by atoms with van der Waals surface area (Å²) >= 11 is 0. The first-order valence-electron chi connectivity index (χ1n) is 7.74. The number of carbonyl (C=O) groups is 2. The molecule has 0 aliphatic heterocycles. The molecule has 0 radical (unpaired) electrons. The number of aliphatic carboxylic acids is 1. The van der Waals surface area contributed by atoms with Crippen molar-refractivity contribution < 1.29 is 24.2 Å². The van der Waals surface area contributed by atoms with Crippen LogP contribution in [-0.2, 0) is 10.3 Å². The fourth-order valence-corrected chi connectivity index (χ4v) is 2.46. The first-order chi connectivity index (χ1) is 11.8. The summed E-state index contributed by atoms with van der Waals surface area (Å²) in [6.07, 6.45) is 0. The molecule has 25 heavy (non-hydrogen) atoms. The highest BCUT2D eigenvalue weighted by Gasteiger charge is 2.26. The van der Waals surface area contributed by atoms with E-state index in [0.29, 0.717) is 17.1 Å². The van der Waals surface area contributed by atoms with Gasteiger partial charge < -0.3 is 19.9 Å². The molecule has 0 saturated carbocycles. The van der Waals surface area contributed by atoms with Crippen LogP contribution >= 0.6 is 0 Å². The molecule has 0 aliphatic carbocycles. The average Bonchev–Trinajstić information content (AvgIpc) is 2.59. The van der Waals surface area contributed by atoms with Crippen LogP contribution in [0, 0.1) is 0 Å². The van der Waals surface area contributed by atoms with Crippen LogP contribution in [0.2, 0.25) is 0 Å². The number of para-hydroxylation sites is 1. The highest BCUT2D eigenvalue weighted by atomic mass is 16.5. The predicted octanol–water partition coefficient (Wildman–Crippen LogP) is 2.82. The number of carboxylic acids is 1. The van der Waals surface area contributed by atoms with Gasteiger partial charge in [-0.2, -0.15) is 0 Å². The molecule has 1 amide bonds. The first kappa shape index (κ1) is 18.3. The van der Waals surface area contributed by atoms with E-state index < -0.39 is 18.1 Å². The lowest BCUT2D eigenvalue weighted by Crippen LogP contribution is -2.41. The highest BCUT2D eigenvalue weighted by Crippen LogP contribution is 2.29. The standard InChI is InChI=1S/C19H21NO5/c1-19(2,15-9-4-5-10-16(15)24-3)20-18(23)13-7-6-8-14(11-13)25-12-17(21)22/h4-11H,12H2,1-3H3,(H,20,23)(H,21,22). The Hall–Kier alpha value is -3.02. The van der Waals surface area contributed by atoms with Crippen molar-refractivity contribution in [2.24, 2.45) is 0 Å². The van der Waals surface area contributed by atoms with Crippen molar-refractivity contribution in [2.45, 2.75) is 19.4 Å². The summed E-state index contributed by atoms with van der Waals surface area (Å²) < 4.78 is 10.5. The van der Waals surface area contributed by atoms with E-state index in [2.05, 4.69) is 5.32 Å². The molecule has 2 aromatic rings. The first-order valence-corrected chi connectivity index (χ1v) is 7.74. The molecule has 0 aliphatic rings. The van der Waals surface area contributed by atoms with Gasteiger partial charge in [0, 0.05) is 11.1 Å². The minimum atomic E-state index is -1.08. The Labute approximate surface area is 146 Å². The molecule has 0 aromatic heterocycles. The number of benzene rings is 2. The van der Waals surface area contributed by atoms with Crippen LogP contribution in [-0.4, -0.2) is 30.7 Å². The molecule has 2 aromatic carbocycles. The molecule has 2 N–H and O–H groups in total. The van der Waals surface area contributed by atoms with Crippen LogP contribution in [0.4, 0.5) is 0 Å². The largest absolute Gasteiger partial charge is 0.496 e. The third kappa shape index (κ3) is 4.73. The van der Waals surface area contributed by atoms with E-state index in [1.165, 1.54) is 6.07 Å². The van der Waals surface area contributed by atoms with Crippen LogP contribution in [0.1, 0.15) is 29.8 Å². The third-order valence-electron chi connectivity index (χ3n) is 3.66. The lowest BCUT2D eigenvalue weighted by Gasteiger charge is -2.28. The van der Waals surface area contributed by atoms with Gasteiger partial charge >= 0.3 is 5.97 Å². The topological polar surface area (TPSA) is 84.9 Å². The van der Waals surface area contributed by atoms with Gasteiger partial charge in [0.15, 0.2) is 6.61 Å². The van der Waals surface area contributed by atoms with Crippen molar-refractivity contribution in [1.29, 1.82) is 0 Å².